The molecule has 0 radical (unpaired) electrons. The first kappa shape index (κ1) is 14.0. The van der Waals surface area contributed by atoms with Crippen molar-refractivity contribution in [2.45, 2.75) is 52.4 Å². The van der Waals surface area contributed by atoms with Gasteiger partial charge in [-0.05, 0) is 19.3 Å². The Balaban J connectivity index is 2.49. The highest BCUT2D eigenvalue weighted by molar-refractivity contribution is 5.80. The van der Waals surface area contributed by atoms with Gasteiger partial charge in [-0.2, -0.15) is 0 Å². The van der Waals surface area contributed by atoms with Crippen molar-refractivity contribution in [3.63, 3.8) is 0 Å². The molecule has 0 bridgehead atoms. The molecular weight excluding hydrogens is 218 g/mol. The fourth-order valence-electron chi connectivity index (χ4n) is 2.38. The van der Waals surface area contributed by atoms with Crippen molar-refractivity contribution in [2.75, 3.05) is 13.1 Å². The number of amides is 1. The summed E-state index contributed by atoms with van der Waals surface area (Å²) in [6.45, 7) is 4.99. The van der Waals surface area contributed by atoms with E-state index in [1.54, 1.807) is 4.90 Å². The molecule has 0 spiro atoms. The molecule has 1 fully saturated rings. The lowest BCUT2D eigenvalue weighted by Gasteiger charge is -2.23. The summed E-state index contributed by atoms with van der Waals surface area (Å²) >= 11 is 0. The van der Waals surface area contributed by atoms with E-state index in [2.05, 4.69) is 6.92 Å². The van der Waals surface area contributed by atoms with E-state index in [-0.39, 0.29) is 5.91 Å². The number of carboxylic acids is 1. The van der Waals surface area contributed by atoms with Crippen molar-refractivity contribution in [1.29, 1.82) is 0 Å². The standard InChI is InChI=1S/C13H23NO3/c1-3-5-6-7-11(15)14-9-8-13(4-2,10-14)12(16)17/h3-10H2,1-2H3,(H,16,17). The molecule has 0 aromatic heterocycles. The first-order valence-electron chi connectivity index (χ1n) is 6.57. The molecule has 1 atom stereocenters. The maximum absolute atomic E-state index is 11.9. The number of hydrogen-bond donors (Lipinski definition) is 1. The molecule has 1 aliphatic heterocycles. The van der Waals surface area contributed by atoms with Gasteiger partial charge in [-0.25, -0.2) is 0 Å². The van der Waals surface area contributed by atoms with E-state index >= 15 is 0 Å². The molecule has 1 saturated heterocycles. The fraction of sp³-hybridized carbons (Fsp3) is 0.846. The fourth-order valence-corrected chi connectivity index (χ4v) is 2.38. The van der Waals surface area contributed by atoms with Crippen LogP contribution in [0.2, 0.25) is 0 Å². The predicted octanol–water partition coefficient (Wildman–Crippen LogP) is 2.28. The zero-order valence-electron chi connectivity index (χ0n) is 10.9. The Morgan fingerprint density at radius 2 is 2.00 bits per heavy atom. The number of carbonyl (C=O) groups is 2. The van der Waals surface area contributed by atoms with Crippen LogP contribution in [0.3, 0.4) is 0 Å². The van der Waals surface area contributed by atoms with Crippen molar-refractivity contribution in [2.24, 2.45) is 5.41 Å². The van der Waals surface area contributed by atoms with Crippen LogP contribution >= 0.6 is 0 Å². The molecule has 0 aliphatic carbocycles. The number of rotatable bonds is 6. The van der Waals surface area contributed by atoms with Gasteiger partial charge < -0.3 is 10.0 Å². The molecule has 0 saturated carbocycles. The van der Waals surface area contributed by atoms with Gasteiger partial charge in [0.2, 0.25) is 5.91 Å². The normalized spacial score (nSPS) is 24.0. The molecule has 1 heterocycles. The molecular formula is C13H23NO3. The molecule has 98 valence electrons. The molecule has 0 aromatic rings. The van der Waals surface area contributed by atoms with Crippen LogP contribution in [-0.2, 0) is 9.59 Å². The maximum Gasteiger partial charge on any atom is 0.311 e. The van der Waals surface area contributed by atoms with E-state index in [0.717, 1.165) is 19.3 Å². The van der Waals surface area contributed by atoms with Crippen molar-refractivity contribution in [1.82, 2.24) is 4.90 Å². The molecule has 1 N–H and O–H groups in total. The van der Waals surface area contributed by atoms with Crippen LogP contribution in [0.5, 0.6) is 0 Å². The molecule has 4 heteroatoms. The highest BCUT2D eigenvalue weighted by atomic mass is 16.4. The van der Waals surface area contributed by atoms with Gasteiger partial charge in [-0.3, -0.25) is 9.59 Å². The average molecular weight is 241 g/mol. The SMILES string of the molecule is CCCCCC(=O)N1CCC(CC)(C(=O)O)C1. The highest BCUT2D eigenvalue weighted by Crippen LogP contribution is 2.34. The number of carbonyl (C=O) groups excluding carboxylic acids is 1. The lowest BCUT2D eigenvalue weighted by atomic mass is 9.84. The Labute approximate surface area is 103 Å². The zero-order chi connectivity index (χ0) is 12.9. The lowest BCUT2D eigenvalue weighted by molar-refractivity contribution is -0.148. The van der Waals surface area contributed by atoms with Crippen LogP contribution in [0.4, 0.5) is 0 Å². The first-order chi connectivity index (χ1) is 8.05. The van der Waals surface area contributed by atoms with E-state index in [1.807, 2.05) is 6.92 Å². The Bertz CT molecular complexity index is 290. The molecule has 1 amide bonds. The molecule has 4 nitrogen and oxygen atoms in total. The van der Waals surface area contributed by atoms with E-state index < -0.39 is 11.4 Å². The topological polar surface area (TPSA) is 57.6 Å². The van der Waals surface area contributed by atoms with E-state index in [9.17, 15) is 14.7 Å². The first-order valence-corrected chi connectivity index (χ1v) is 6.57. The second kappa shape index (κ2) is 6.03. The van der Waals surface area contributed by atoms with E-state index in [0.29, 0.717) is 32.4 Å². The Morgan fingerprint density at radius 3 is 2.47 bits per heavy atom. The van der Waals surface area contributed by atoms with Crippen LogP contribution < -0.4 is 0 Å². The Kier molecular flexibility index (Phi) is 4.97. The molecule has 1 unspecified atom stereocenters. The largest absolute Gasteiger partial charge is 0.481 e. The highest BCUT2D eigenvalue weighted by Gasteiger charge is 2.44. The second-order valence-corrected chi connectivity index (χ2v) is 4.96. The number of carboxylic acid groups (broad SMARTS) is 1. The third-order valence-electron chi connectivity index (χ3n) is 3.83. The van der Waals surface area contributed by atoms with Crippen LogP contribution in [0.15, 0.2) is 0 Å². The quantitative estimate of drug-likeness (QED) is 0.726. The second-order valence-electron chi connectivity index (χ2n) is 4.96. The van der Waals surface area contributed by atoms with Gasteiger partial charge in [-0.1, -0.05) is 26.7 Å². The summed E-state index contributed by atoms with van der Waals surface area (Å²) in [5.74, 6) is -0.640. The summed E-state index contributed by atoms with van der Waals surface area (Å²) in [5.41, 5.74) is -0.694. The van der Waals surface area contributed by atoms with Gasteiger partial charge in [0, 0.05) is 19.5 Å². The van der Waals surface area contributed by atoms with E-state index in [1.165, 1.54) is 0 Å². The smallest absolute Gasteiger partial charge is 0.311 e. The summed E-state index contributed by atoms with van der Waals surface area (Å²) < 4.78 is 0. The summed E-state index contributed by atoms with van der Waals surface area (Å²) in [7, 11) is 0. The van der Waals surface area contributed by atoms with Gasteiger partial charge in [0.1, 0.15) is 0 Å². The molecule has 0 aromatic carbocycles. The minimum absolute atomic E-state index is 0.120. The summed E-state index contributed by atoms with van der Waals surface area (Å²) in [6.07, 6.45) is 4.84. The number of aliphatic carboxylic acids is 1. The monoisotopic (exact) mass is 241 g/mol. The molecule has 1 aliphatic rings. The average Bonchev–Trinajstić information content (AvgIpc) is 2.75. The summed E-state index contributed by atoms with van der Waals surface area (Å²) in [4.78, 5) is 24.9. The molecule has 1 rings (SSSR count). The Morgan fingerprint density at radius 1 is 1.29 bits per heavy atom. The zero-order valence-corrected chi connectivity index (χ0v) is 10.9. The van der Waals surface area contributed by atoms with Crippen molar-refractivity contribution in [3.05, 3.63) is 0 Å². The van der Waals surface area contributed by atoms with Crippen molar-refractivity contribution in [3.8, 4) is 0 Å². The predicted molar refractivity (Wildman–Crippen MR) is 65.7 cm³/mol. The Hall–Kier alpha value is -1.06. The summed E-state index contributed by atoms with van der Waals surface area (Å²) in [6, 6.07) is 0. The minimum atomic E-state index is -0.760. The summed E-state index contributed by atoms with van der Waals surface area (Å²) in [5, 5.41) is 9.24. The number of hydrogen-bond acceptors (Lipinski definition) is 2. The van der Waals surface area contributed by atoms with Crippen LogP contribution in [-0.4, -0.2) is 35.0 Å². The number of unbranched alkanes of at least 4 members (excludes halogenated alkanes) is 2. The van der Waals surface area contributed by atoms with Crippen molar-refractivity contribution >= 4 is 11.9 Å². The lowest BCUT2D eigenvalue weighted by Crippen LogP contribution is -2.36. The van der Waals surface area contributed by atoms with Gasteiger partial charge in [0.05, 0.1) is 5.41 Å². The minimum Gasteiger partial charge on any atom is -0.481 e. The van der Waals surface area contributed by atoms with Crippen LogP contribution in [0.1, 0.15) is 52.4 Å². The van der Waals surface area contributed by atoms with Gasteiger partial charge in [-0.15, -0.1) is 0 Å². The third-order valence-corrected chi connectivity index (χ3v) is 3.83. The van der Waals surface area contributed by atoms with Crippen LogP contribution in [0.25, 0.3) is 0 Å². The molecule has 17 heavy (non-hydrogen) atoms. The van der Waals surface area contributed by atoms with E-state index in [4.69, 9.17) is 0 Å². The van der Waals surface area contributed by atoms with Crippen LogP contribution in [0, 0.1) is 5.41 Å². The number of likely N-dealkylation sites (tertiary alicyclic amines) is 1. The van der Waals surface area contributed by atoms with Gasteiger partial charge >= 0.3 is 5.97 Å². The third kappa shape index (κ3) is 3.20. The van der Waals surface area contributed by atoms with Gasteiger partial charge in [0.15, 0.2) is 0 Å². The van der Waals surface area contributed by atoms with Crippen molar-refractivity contribution < 1.29 is 14.7 Å². The number of nitrogens with zero attached hydrogens (tertiary/aromatic N) is 1. The maximum atomic E-state index is 11.9. The van der Waals surface area contributed by atoms with Gasteiger partial charge in [0.25, 0.3) is 0 Å².